The normalized spacial score (nSPS) is 31.0. The highest BCUT2D eigenvalue weighted by atomic mass is 19.3. The Morgan fingerprint density at radius 2 is 2.00 bits per heavy atom. The van der Waals surface area contributed by atoms with Crippen LogP contribution < -0.4 is 0 Å². The number of nitrogens with zero attached hydrogens (tertiary/aromatic N) is 1. The second-order valence-corrected chi connectivity index (χ2v) is 4.10. The van der Waals surface area contributed by atoms with Gasteiger partial charge in [-0.3, -0.25) is 0 Å². The van der Waals surface area contributed by atoms with Gasteiger partial charge in [0.25, 0.3) is 5.92 Å². The second-order valence-electron chi connectivity index (χ2n) is 4.10. The first-order valence-corrected chi connectivity index (χ1v) is 4.50. The van der Waals surface area contributed by atoms with Crippen LogP contribution in [-0.2, 0) is 0 Å². The van der Waals surface area contributed by atoms with Crippen molar-refractivity contribution < 1.29 is 8.78 Å². The Labute approximate surface area is 72.7 Å². The minimum absolute atomic E-state index is 0.0206. The van der Waals surface area contributed by atoms with Crippen molar-refractivity contribution in [2.24, 2.45) is 5.92 Å². The summed E-state index contributed by atoms with van der Waals surface area (Å²) in [5.41, 5.74) is 0. The van der Waals surface area contributed by atoms with E-state index in [4.69, 9.17) is 0 Å². The fraction of sp³-hybridized carbons (Fsp3) is 1.00. The van der Waals surface area contributed by atoms with Gasteiger partial charge in [0.2, 0.25) is 0 Å². The van der Waals surface area contributed by atoms with Gasteiger partial charge in [-0.1, -0.05) is 13.8 Å². The molecule has 0 saturated carbocycles. The van der Waals surface area contributed by atoms with E-state index in [1.165, 1.54) is 0 Å². The highest BCUT2D eigenvalue weighted by molar-refractivity contribution is 4.85. The molecule has 0 aliphatic carbocycles. The summed E-state index contributed by atoms with van der Waals surface area (Å²) in [6, 6.07) is 0.0498. The quantitative estimate of drug-likeness (QED) is 0.594. The predicted octanol–water partition coefficient (Wildman–Crippen LogP) is 2.37. The third kappa shape index (κ3) is 2.16. The molecule has 1 aliphatic heterocycles. The van der Waals surface area contributed by atoms with Crippen molar-refractivity contribution in [3.8, 4) is 0 Å². The Morgan fingerprint density at radius 1 is 1.42 bits per heavy atom. The maximum atomic E-state index is 13.0. The van der Waals surface area contributed by atoms with Gasteiger partial charge in [0.05, 0.1) is 0 Å². The lowest BCUT2D eigenvalue weighted by atomic mass is 9.91. The van der Waals surface area contributed by atoms with E-state index >= 15 is 0 Å². The molecule has 0 aromatic carbocycles. The fourth-order valence-electron chi connectivity index (χ4n) is 1.81. The monoisotopic (exact) mass is 177 g/mol. The van der Waals surface area contributed by atoms with Crippen LogP contribution in [0.15, 0.2) is 0 Å². The van der Waals surface area contributed by atoms with Gasteiger partial charge in [-0.2, -0.15) is 0 Å². The van der Waals surface area contributed by atoms with Crippen molar-refractivity contribution in [1.29, 1.82) is 0 Å². The number of likely N-dealkylation sites (tertiary alicyclic amines) is 1. The molecule has 0 bridgehead atoms. The minimum Gasteiger partial charge on any atom is -0.303 e. The molecular formula is C9H17F2N. The summed E-state index contributed by atoms with van der Waals surface area (Å²) >= 11 is 0. The maximum absolute atomic E-state index is 13.0. The van der Waals surface area contributed by atoms with Crippen molar-refractivity contribution in [3.05, 3.63) is 0 Å². The van der Waals surface area contributed by atoms with Gasteiger partial charge in [-0.15, -0.1) is 0 Å². The van der Waals surface area contributed by atoms with Crippen molar-refractivity contribution in [2.45, 2.75) is 38.7 Å². The molecule has 0 N–H and O–H groups in total. The van der Waals surface area contributed by atoms with Crippen LogP contribution in [0.4, 0.5) is 8.78 Å². The highest BCUT2D eigenvalue weighted by Gasteiger charge is 2.39. The van der Waals surface area contributed by atoms with Crippen LogP contribution in [-0.4, -0.2) is 30.5 Å². The van der Waals surface area contributed by atoms with Crippen molar-refractivity contribution in [2.75, 3.05) is 13.6 Å². The number of hydrogen-bond acceptors (Lipinski definition) is 1. The lowest BCUT2D eigenvalue weighted by Crippen LogP contribution is -2.47. The van der Waals surface area contributed by atoms with Crippen LogP contribution in [0.2, 0.25) is 0 Å². The second kappa shape index (κ2) is 3.29. The molecule has 1 fully saturated rings. The van der Waals surface area contributed by atoms with Crippen LogP contribution in [0.3, 0.4) is 0 Å². The topological polar surface area (TPSA) is 3.24 Å². The lowest BCUT2D eigenvalue weighted by Gasteiger charge is -2.39. The highest BCUT2D eigenvalue weighted by Crippen LogP contribution is 2.33. The van der Waals surface area contributed by atoms with E-state index in [1.807, 2.05) is 25.8 Å². The standard InChI is InChI=1S/C9H17F2N/c1-7(2)8-6-9(10,11)4-5-12(8)3/h7-8H,4-6H2,1-3H3. The van der Waals surface area contributed by atoms with Gasteiger partial charge in [0.15, 0.2) is 0 Å². The van der Waals surface area contributed by atoms with E-state index in [1.54, 1.807) is 0 Å². The minimum atomic E-state index is -2.43. The molecular weight excluding hydrogens is 160 g/mol. The molecule has 1 rings (SSSR count). The van der Waals surface area contributed by atoms with E-state index in [-0.39, 0.29) is 18.9 Å². The SMILES string of the molecule is CC(C)C1CC(F)(F)CCN1C. The first-order chi connectivity index (χ1) is 5.42. The zero-order valence-electron chi connectivity index (χ0n) is 7.98. The Kier molecular flexibility index (Phi) is 2.71. The number of rotatable bonds is 1. The summed E-state index contributed by atoms with van der Waals surface area (Å²) in [6.45, 7) is 4.53. The van der Waals surface area contributed by atoms with Crippen molar-refractivity contribution in [3.63, 3.8) is 0 Å². The van der Waals surface area contributed by atoms with E-state index < -0.39 is 5.92 Å². The molecule has 1 nitrogen and oxygen atoms in total. The van der Waals surface area contributed by atoms with Gasteiger partial charge in [-0.25, -0.2) is 8.78 Å². The molecule has 1 atom stereocenters. The predicted molar refractivity (Wildman–Crippen MR) is 45.4 cm³/mol. The summed E-state index contributed by atoms with van der Waals surface area (Å²) in [5.74, 6) is -2.11. The molecule has 1 saturated heterocycles. The summed E-state index contributed by atoms with van der Waals surface area (Å²) in [7, 11) is 1.93. The third-order valence-electron chi connectivity index (χ3n) is 2.67. The molecule has 0 amide bonds. The lowest BCUT2D eigenvalue weighted by molar-refractivity contribution is -0.0806. The third-order valence-corrected chi connectivity index (χ3v) is 2.67. The van der Waals surface area contributed by atoms with Gasteiger partial charge in [-0.05, 0) is 13.0 Å². The van der Waals surface area contributed by atoms with Gasteiger partial charge in [0, 0.05) is 25.4 Å². The first-order valence-electron chi connectivity index (χ1n) is 4.50. The maximum Gasteiger partial charge on any atom is 0.250 e. The zero-order valence-corrected chi connectivity index (χ0v) is 7.98. The molecule has 12 heavy (non-hydrogen) atoms. The summed E-state index contributed by atoms with van der Waals surface area (Å²) in [6.07, 6.45) is 0.0495. The molecule has 1 heterocycles. The Balaban J connectivity index is 2.59. The van der Waals surface area contributed by atoms with Gasteiger partial charge >= 0.3 is 0 Å². The van der Waals surface area contributed by atoms with Crippen LogP contribution >= 0.6 is 0 Å². The molecule has 0 spiro atoms. The number of piperidine rings is 1. The molecule has 3 heteroatoms. The Bertz CT molecular complexity index is 157. The van der Waals surface area contributed by atoms with Gasteiger partial charge in [0.1, 0.15) is 0 Å². The van der Waals surface area contributed by atoms with E-state index in [0.717, 1.165) is 0 Å². The molecule has 0 aromatic rings. The van der Waals surface area contributed by atoms with Gasteiger partial charge < -0.3 is 4.90 Å². The number of alkyl halides is 2. The van der Waals surface area contributed by atoms with Crippen LogP contribution in [0, 0.1) is 5.92 Å². The average Bonchev–Trinajstić information content (AvgIpc) is 1.94. The largest absolute Gasteiger partial charge is 0.303 e. The molecule has 1 aliphatic rings. The van der Waals surface area contributed by atoms with Crippen molar-refractivity contribution in [1.82, 2.24) is 4.90 Å². The van der Waals surface area contributed by atoms with E-state index in [0.29, 0.717) is 12.5 Å². The van der Waals surface area contributed by atoms with E-state index in [2.05, 4.69) is 0 Å². The smallest absolute Gasteiger partial charge is 0.250 e. The molecule has 0 aromatic heterocycles. The average molecular weight is 177 g/mol. The number of halogens is 2. The summed E-state index contributed by atoms with van der Waals surface area (Å²) < 4.78 is 25.9. The van der Waals surface area contributed by atoms with Crippen LogP contribution in [0.25, 0.3) is 0 Å². The molecule has 1 unspecified atom stereocenters. The number of hydrogen-bond donors (Lipinski definition) is 0. The zero-order chi connectivity index (χ0) is 9.35. The Morgan fingerprint density at radius 3 is 2.42 bits per heavy atom. The Hall–Kier alpha value is -0.180. The van der Waals surface area contributed by atoms with Crippen LogP contribution in [0.5, 0.6) is 0 Å². The van der Waals surface area contributed by atoms with Crippen LogP contribution in [0.1, 0.15) is 26.7 Å². The summed E-state index contributed by atoms with van der Waals surface area (Å²) in [4.78, 5) is 2.04. The first kappa shape index (κ1) is 9.90. The fourth-order valence-corrected chi connectivity index (χ4v) is 1.81. The molecule has 0 radical (unpaired) electrons. The summed E-state index contributed by atoms with van der Waals surface area (Å²) in [5, 5.41) is 0. The van der Waals surface area contributed by atoms with E-state index in [9.17, 15) is 8.78 Å². The van der Waals surface area contributed by atoms with Crippen molar-refractivity contribution >= 4 is 0 Å². The molecule has 72 valence electrons.